The first-order chi connectivity index (χ1) is 8.86. The van der Waals surface area contributed by atoms with Gasteiger partial charge in [-0.15, -0.1) is 0 Å². The molecule has 0 aliphatic carbocycles. The number of nitrogens with one attached hydrogen (secondary N) is 1. The molecule has 0 aliphatic heterocycles. The zero-order valence-corrected chi connectivity index (χ0v) is 11.1. The summed E-state index contributed by atoms with van der Waals surface area (Å²) in [5, 5.41) is 3.57. The monoisotopic (exact) mass is 243 g/mol. The normalized spacial score (nSPS) is 14.3. The minimum absolute atomic E-state index is 0.321. The molecular weight excluding hydrogens is 222 g/mol. The first-order valence-electron chi connectivity index (χ1n) is 6.67. The highest BCUT2D eigenvalue weighted by Gasteiger charge is 2.23. The molecule has 1 heterocycles. The van der Waals surface area contributed by atoms with E-state index in [0.717, 1.165) is 13.0 Å². The fourth-order valence-electron chi connectivity index (χ4n) is 2.53. The highest BCUT2D eigenvalue weighted by atomic mass is 16.3. The number of likely N-dealkylation sites (N-methyl/N-ethyl adjacent to an activating group) is 1. The average molecular weight is 243 g/mol. The smallest absolute Gasteiger partial charge is 0.0950 e. The molecule has 0 saturated carbocycles. The van der Waals surface area contributed by atoms with Gasteiger partial charge in [-0.1, -0.05) is 44.2 Å². The summed E-state index contributed by atoms with van der Waals surface area (Å²) >= 11 is 0. The topological polar surface area (TPSA) is 25.2 Å². The van der Waals surface area contributed by atoms with Crippen LogP contribution in [0.1, 0.15) is 43.4 Å². The maximum atomic E-state index is 5.23. The van der Waals surface area contributed by atoms with Crippen LogP contribution in [0.2, 0.25) is 0 Å². The highest BCUT2D eigenvalue weighted by Crippen LogP contribution is 2.33. The lowest BCUT2D eigenvalue weighted by Crippen LogP contribution is -2.26. The van der Waals surface area contributed by atoms with E-state index in [9.17, 15) is 0 Å². The van der Waals surface area contributed by atoms with Gasteiger partial charge in [0.1, 0.15) is 0 Å². The summed E-state index contributed by atoms with van der Waals surface area (Å²) in [6, 6.07) is 13.1. The second-order valence-electron chi connectivity index (χ2n) is 4.52. The van der Waals surface area contributed by atoms with Crippen molar-refractivity contribution in [3.05, 3.63) is 60.1 Å². The highest BCUT2D eigenvalue weighted by molar-refractivity contribution is 5.26. The molecule has 1 aromatic heterocycles. The Bertz CT molecular complexity index is 435. The first kappa shape index (κ1) is 12.9. The predicted molar refractivity (Wildman–Crippen MR) is 74.6 cm³/mol. The molecule has 0 bridgehead atoms. The second-order valence-corrected chi connectivity index (χ2v) is 4.52. The summed E-state index contributed by atoms with van der Waals surface area (Å²) in [5.74, 6) is 0.476. The number of benzene rings is 1. The van der Waals surface area contributed by atoms with E-state index in [4.69, 9.17) is 4.42 Å². The molecule has 2 nitrogen and oxygen atoms in total. The SMILES string of the molecule is CCNC(c1ccoc1)C(CC)c1ccccc1. The standard InChI is InChI=1S/C16H21NO/c1-3-15(13-8-6-5-7-9-13)16(17-4-2)14-10-11-18-12-14/h5-12,15-17H,3-4H2,1-2H3. The van der Waals surface area contributed by atoms with E-state index >= 15 is 0 Å². The summed E-state index contributed by atoms with van der Waals surface area (Å²) < 4.78 is 5.23. The zero-order valence-electron chi connectivity index (χ0n) is 11.1. The molecular formula is C16H21NO. The Balaban J connectivity index is 2.28. The minimum Gasteiger partial charge on any atom is -0.472 e. The summed E-state index contributed by atoms with van der Waals surface area (Å²) in [7, 11) is 0. The molecule has 0 fully saturated rings. The third-order valence-corrected chi connectivity index (χ3v) is 3.40. The number of furan rings is 1. The second kappa shape index (κ2) is 6.41. The summed E-state index contributed by atoms with van der Waals surface area (Å²) in [6.07, 6.45) is 4.70. The van der Waals surface area contributed by atoms with Gasteiger partial charge >= 0.3 is 0 Å². The lowest BCUT2D eigenvalue weighted by Gasteiger charge is -2.26. The van der Waals surface area contributed by atoms with Crippen molar-refractivity contribution in [3.8, 4) is 0 Å². The van der Waals surface area contributed by atoms with Gasteiger partial charge in [-0.25, -0.2) is 0 Å². The van der Waals surface area contributed by atoms with Crippen LogP contribution in [0.5, 0.6) is 0 Å². The van der Waals surface area contributed by atoms with Crippen LogP contribution in [0.4, 0.5) is 0 Å². The van der Waals surface area contributed by atoms with Crippen LogP contribution in [0.15, 0.2) is 53.3 Å². The van der Waals surface area contributed by atoms with E-state index in [-0.39, 0.29) is 0 Å². The van der Waals surface area contributed by atoms with Gasteiger partial charge < -0.3 is 9.73 Å². The first-order valence-corrected chi connectivity index (χ1v) is 6.67. The van der Waals surface area contributed by atoms with Gasteiger partial charge in [-0.3, -0.25) is 0 Å². The maximum absolute atomic E-state index is 5.23. The number of hydrogen-bond acceptors (Lipinski definition) is 2. The molecule has 2 unspecified atom stereocenters. The van der Waals surface area contributed by atoms with Crippen molar-refractivity contribution in [2.75, 3.05) is 6.54 Å². The van der Waals surface area contributed by atoms with Crippen LogP contribution >= 0.6 is 0 Å². The largest absolute Gasteiger partial charge is 0.472 e. The molecule has 18 heavy (non-hydrogen) atoms. The van der Waals surface area contributed by atoms with Gasteiger partial charge in [-0.05, 0) is 24.6 Å². The van der Waals surface area contributed by atoms with Crippen molar-refractivity contribution in [2.24, 2.45) is 0 Å². The molecule has 1 aromatic carbocycles. The van der Waals surface area contributed by atoms with Crippen molar-refractivity contribution < 1.29 is 4.42 Å². The fourth-order valence-corrected chi connectivity index (χ4v) is 2.53. The molecule has 2 rings (SSSR count). The molecule has 0 amide bonds. The Morgan fingerprint density at radius 2 is 1.83 bits per heavy atom. The molecule has 1 N–H and O–H groups in total. The van der Waals surface area contributed by atoms with Crippen molar-refractivity contribution in [1.29, 1.82) is 0 Å². The zero-order chi connectivity index (χ0) is 12.8. The lowest BCUT2D eigenvalue weighted by molar-refractivity contribution is 0.440. The Hall–Kier alpha value is -1.54. The van der Waals surface area contributed by atoms with Gasteiger partial charge in [0.2, 0.25) is 0 Å². The van der Waals surface area contributed by atoms with E-state index in [1.54, 1.807) is 6.26 Å². The Kier molecular flexibility index (Phi) is 4.59. The van der Waals surface area contributed by atoms with E-state index in [2.05, 4.69) is 55.6 Å². The third-order valence-electron chi connectivity index (χ3n) is 3.40. The molecule has 0 aliphatic rings. The van der Waals surface area contributed by atoms with E-state index in [1.165, 1.54) is 11.1 Å². The summed E-state index contributed by atoms with van der Waals surface area (Å²) in [4.78, 5) is 0. The quantitative estimate of drug-likeness (QED) is 0.825. The van der Waals surface area contributed by atoms with Crippen molar-refractivity contribution >= 4 is 0 Å². The molecule has 2 atom stereocenters. The van der Waals surface area contributed by atoms with Gasteiger partial charge in [0, 0.05) is 17.5 Å². The number of rotatable bonds is 6. The van der Waals surface area contributed by atoms with Crippen LogP contribution < -0.4 is 5.32 Å². The van der Waals surface area contributed by atoms with Crippen LogP contribution in [0.25, 0.3) is 0 Å². The van der Waals surface area contributed by atoms with Crippen LogP contribution in [0.3, 0.4) is 0 Å². The van der Waals surface area contributed by atoms with Crippen LogP contribution in [-0.2, 0) is 0 Å². The minimum atomic E-state index is 0.321. The van der Waals surface area contributed by atoms with E-state index < -0.39 is 0 Å². The molecule has 2 heteroatoms. The summed E-state index contributed by atoms with van der Waals surface area (Å²) in [6.45, 7) is 5.34. The number of hydrogen-bond donors (Lipinski definition) is 1. The predicted octanol–water partition coefficient (Wildman–Crippen LogP) is 4.12. The Labute approximate surface area is 109 Å². The Morgan fingerprint density at radius 1 is 1.06 bits per heavy atom. The molecule has 2 aromatic rings. The van der Waals surface area contributed by atoms with Crippen molar-refractivity contribution in [3.63, 3.8) is 0 Å². The van der Waals surface area contributed by atoms with Gasteiger partial charge in [0.05, 0.1) is 12.5 Å². The maximum Gasteiger partial charge on any atom is 0.0950 e. The van der Waals surface area contributed by atoms with Crippen LogP contribution in [0, 0.1) is 0 Å². The molecule has 0 radical (unpaired) electrons. The van der Waals surface area contributed by atoms with Gasteiger partial charge in [0.25, 0.3) is 0 Å². The Morgan fingerprint density at radius 3 is 2.39 bits per heavy atom. The van der Waals surface area contributed by atoms with Crippen molar-refractivity contribution in [1.82, 2.24) is 5.32 Å². The van der Waals surface area contributed by atoms with Gasteiger partial charge in [-0.2, -0.15) is 0 Å². The third kappa shape index (κ3) is 2.82. The molecule has 0 spiro atoms. The molecule has 96 valence electrons. The van der Waals surface area contributed by atoms with E-state index in [0.29, 0.717) is 12.0 Å². The van der Waals surface area contributed by atoms with Crippen LogP contribution in [-0.4, -0.2) is 6.54 Å². The van der Waals surface area contributed by atoms with Crippen molar-refractivity contribution in [2.45, 2.75) is 32.2 Å². The summed E-state index contributed by atoms with van der Waals surface area (Å²) in [5.41, 5.74) is 2.61. The fraction of sp³-hybridized carbons (Fsp3) is 0.375. The molecule has 0 saturated heterocycles. The van der Waals surface area contributed by atoms with E-state index in [1.807, 2.05) is 6.26 Å². The average Bonchev–Trinajstić information content (AvgIpc) is 2.93. The lowest BCUT2D eigenvalue weighted by atomic mass is 9.86. The van der Waals surface area contributed by atoms with Gasteiger partial charge in [0.15, 0.2) is 0 Å².